The van der Waals surface area contributed by atoms with Crippen molar-refractivity contribution in [3.05, 3.63) is 66.2 Å². The highest BCUT2D eigenvalue weighted by Crippen LogP contribution is 2.19. The third kappa shape index (κ3) is 4.85. The quantitative estimate of drug-likeness (QED) is 0.789. The average Bonchev–Trinajstić information content (AvgIpc) is 2.66. The molecule has 0 fully saturated rings. The standard InChI is InChI=1S/C21H26N2O3/c1-16(2)19(20(24)22(3)18-13-9-6-10-14-18)23(4)21(25)26-15-17-11-7-5-8-12-17/h5-14,16,19H,15H2,1-4H3/t19-/m0/s1. The minimum absolute atomic E-state index is 0.0528. The number of carbonyl (C=O) groups excluding carboxylic acids is 2. The molecule has 5 nitrogen and oxygen atoms in total. The van der Waals surface area contributed by atoms with Crippen molar-refractivity contribution in [2.24, 2.45) is 5.92 Å². The zero-order chi connectivity index (χ0) is 19.1. The van der Waals surface area contributed by atoms with Crippen molar-refractivity contribution in [1.82, 2.24) is 4.90 Å². The lowest BCUT2D eigenvalue weighted by molar-refractivity contribution is -0.124. The van der Waals surface area contributed by atoms with Crippen LogP contribution in [0.5, 0.6) is 0 Å². The van der Waals surface area contributed by atoms with Crippen LogP contribution in [0, 0.1) is 5.92 Å². The number of para-hydroxylation sites is 1. The minimum atomic E-state index is -0.608. The molecule has 5 heteroatoms. The summed E-state index contributed by atoms with van der Waals surface area (Å²) in [5.41, 5.74) is 1.69. The summed E-state index contributed by atoms with van der Waals surface area (Å²) in [6, 6.07) is 18.2. The van der Waals surface area contributed by atoms with Crippen LogP contribution in [0.4, 0.5) is 10.5 Å². The summed E-state index contributed by atoms with van der Waals surface area (Å²) in [4.78, 5) is 28.4. The molecule has 0 saturated heterocycles. The van der Waals surface area contributed by atoms with Gasteiger partial charge >= 0.3 is 6.09 Å². The van der Waals surface area contributed by atoms with E-state index in [-0.39, 0.29) is 18.4 Å². The Bertz CT molecular complexity index is 717. The number of hydrogen-bond acceptors (Lipinski definition) is 3. The highest BCUT2D eigenvalue weighted by Gasteiger charge is 2.33. The number of likely N-dealkylation sites (N-methyl/N-ethyl adjacent to an activating group) is 2. The van der Waals surface area contributed by atoms with Gasteiger partial charge in [-0.2, -0.15) is 0 Å². The van der Waals surface area contributed by atoms with Crippen LogP contribution in [0.15, 0.2) is 60.7 Å². The summed E-state index contributed by atoms with van der Waals surface area (Å²) >= 11 is 0. The van der Waals surface area contributed by atoms with Gasteiger partial charge in [-0.25, -0.2) is 4.79 Å². The maximum Gasteiger partial charge on any atom is 0.410 e. The third-order valence-corrected chi connectivity index (χ3v) is 4.27. The van der Waals surface area contributed by atoms with Crippen LogP contribution in [-0.4, -0.2) is 37.0 Å². The van der Waals surface area contributed by atoms with E-state index in [1.165, 1.54) is 4.90 Å². The van der Waals surface area contributed by atoms with Crippen LogP contribution in [-0.2, 0) is 16.1 Å². The third-order valence-electron chi connectivity index (χ3n) is 4.27. The van der Waals surface area contributed by atoms with Crippen LogP contribution in [0.1, 0.15) is 19.4 Å². The van der Waals surface area contributed by atoms with Gasteiger partial charge in [-0.05, 0) is 23.6 Å². The van der Waals surface area contributed by atoms with Crippen LogP contribution in [0.2, 0.25) is 0 Å². The van der Waals surface area contributed by atoms with Crippen LogP contribution >= 0.6 is 0 Å². The van der Waals surface area contributed by atoms with E-state index >= 15 is 0 Å². The monoisotopic (exact) mass is 354 g/mol. The van der Waals surface area contributed by atoms with Gasteiger partial charge in [-0.15, -0.1) is 0 Å². The van der Waals surface area contributed by atoms with Gasteiger partial charge in [-0.3, -0.25) is 9.69 Å². The maximum atomic E-state index is 13.0. The summed E-state index contributed by atoms with van der Waals surface area (Å²) in [6.45, 7) is 4.02. The molecule has 2 amide bonds. The van der Waals surface area contributed by atoms with E-state index in [0.717, 1.165) is 11.3 Å². The van der Waals surface area contributed by atoms with Crippen molar-refractivity contribution >= 4 is 17.7 Å². The SMILES string of the molecule is CC(C)[C@@H](C(=O)N(C)c1ccccc1)N(C)C(=O)OCc1ccccc1. The fraction of sp³-hybridized carbons (Fsp3) is 0.333. The summed E-state index contributed by atoms with van der Waals surface area (Å²) in [5.74, 6) is -0.201. The summed E-state index contributed by atoms with van der Waals surface area (Å²) in [5, 5.41) is 0. The Morgan fingerprint density at radius 2 is 1.46 bits per heavy atom. The zero-order valence-corrected chi connectivity index (χ0v) is 15.8. The van der Waals surface area contributed by atoms with E-state index in [1.807, 2.05) is 74.5 Å². The van der Waals surface area contributed by atoms with Gasteiger partial charge < -0.3 is 9.64 Å². The summed E-state index contributed by atoms with van der Waals surface area (Å²) in [6.07, 6.45) is -0.512. The molecule has 0 N–H and O–H groups in total. The molecule has 0 spiro atoms. The van der Waals surface area contributed by atoms with E-state index < -0.39 is 12.1 Å². The molecule has 0 aliphatic carbocycles. The fourth-order valence-corrected chi connectivity index (χ4v) is 2.81. The maximum absolute atomic E-state index is 13.0. The van der Waals surface area contributed by atoms with Gasteiger partial charge in [0, 0.05) is 19.8 Å². The van der Waals surface area contributed by atoms with E-state index in [1.54, 1.807) is 19.0 Å². The molecule has 26 heavy (non-hydrogen) atoms. The number of amides is 2. The average molecular weight is 354 g/mol. The molecule has 2 aromatic carbocycles. The Morgan fingerprint density at radius 3 is 2.00 bits per heavy atom. The van der Waals surface area contributed by atoms with Gasteiger partial charge in [0.15, 0.2) is 0 Å². The number of ether oxygens (including phenoxy) is 1. The molecule has 0 bridgehead atoms. The number of benzene rings is 2. The number of carbonyl (C=O) groups is 2. The lowest BCUT2D eigenvalue weighted by Crippen LogP contribution is -2.51. The predicted octanol–water partition coefficient (Wildman–Crippen LogP) is 3.94. The van der Waals surface area contributed by atoms with Crippen molar-refractivity contribution in [2.75, 3.05) is 19.0 Å². The van der Waals surface area contributed by atoms with Crippen molar-refractivity contribution in [3.8, 4) is 0 Å². The van der Waals surface area contributed by atoms with Crippen LogP contribution in [0.25, 0.3) is 0 Å². The second-order valence-electron chi connectivity index (χ2n) is 6.57. The molecule has 2 aromatic rings. The van der Waals surface area contributed by atoms with Crippen LogP contribution < -0.4 is 4.90 Å². The first-order valence-electron chi connectivity index (χ1n) is 8.68. The van der Waals surface area contributed by atoms with Crippen molar-refractivity contribution in [1.29, 1.82) is 0 Å². The smallest absolute Gasteiger partial charge is 0.410 e. The topological polar surface area (TPSA) is 49.9 Å². The first-order chi connectivity index (χ1) is 12.4. The van der Waals surface area contributed by atoms with E-state index in [2.05, 4.69) is 0 Å². The highest BCUT2D eigenvalue weighted by molar-refractivity contribution is 5.98. The lowest BCUT2D eigenvalue weighted by Gasteiger charge is -2.32. The number of hydrogen-bond donors (Lipinski definition) is 0. The van der Waals surface area contributed by atoms with Crippen molar-refractivity contribution in [3.63, 3.8) is 0 Å². The normalized spacial score (nSPS) is 11.7. The van der Waals surface area contributed by atoms with Gasteiger partial charge in [0.25, 0.3) is 0 Å². The number of rotatable bonds is 6. The molecular formula is C21H26N2O3. The summed E-state index contributed by atoms with van der Waals surface area (Å²) < 4.78 is 5.37. The molecule has 0 aliphatic heterocycles. The molecule has 0 unspecified atom stereocenters. The minimum Gasteiger partial charge on any atom is -0.445 e. The summed E-state index contributed by atoms with van der Waals surface area (Å²) in [7, 11) is 3.32. The highest BCUT2D eigenvalue weighted by atomic mass is 16.6. The Labute approximate surface area is 155 Å². The van der Waals surface area contributed by atoms with E-state index in [4.69, 9.17) is 4.74 Å². The number of anilines is 1. The molecule has 0 radical (unpaired) electrons. The Morgan fingerprint density at radius 1 is 0.923 bits per heavy atom. The largest absolute Gasteiger partial charge is 0.445 e. The molecule has 0 saturated carbocycles. The Hall–Kier alpha value is -2.82. The van der Waals surface area contributed by atoms with E-state index in [0.29, 0.717) is 0 Å². The Kier molecular flexibility index (Phi) is 6.78. The zero-order valence-electron chi connectivity index (χ0n) is 15.8. The van der Waals surface area contributed by atoms with Gasteiger partial charge in [0.05, 0.1) is 0 Å². The van der Waals surface area contributed by atoms with Crippen LogP contribution in [0.3, 0.4) is 0 Å². The van der Waals surface area contributed by atoms with Crippen molar-refractivity contribution in [2.45, 2.75) is 26.5 Å². The van der Waals surface area contributed by atoms with Crippen molar-refractivity contribution < 1.29 is 14.3 Å². The van der Waals surface area contributed by atoms with Gasteiger partial charge in [0.1, 0.15) is 12.6 Å². The first kappa shape index (κ1) is 19.5. The van der Waals surface area contributed by atoms with Gasteiger partial charge in [0.2, 0.25) is 5.91 Å². The fourth-order valence-electron chi connectivity index (χ4n) is 2.81. The lowest BCUT2D eigenvalue weighted by atomic mass is 10.0. The molecule has 138 valence electrons. The second-order valence-corrected chi connectivity index (χ2v) is 6.57. The molecule has 1 atom stereocenters. The molecule has 0 aliphatic rings. The second kappa shape index (κ2) is 9.04. The molecule has 2 rings (SSSR count). The van der Waals surface area contributed by atoms with Gasteiger partial charge in [-0.1, -0.05) is 62.4 Å². The molecule has 0 aromatic heterocycles. The molecule has 0 heterocycles. The van der Waals surface area contributed by atoms with E-state index in [9.17, 15) is 9.59 Å². The first-order valence-corrected chi connectivity index (χ1v) is 8.68. The predicted molar refractivity (Wildman–Crippen MR) is 103 cm³/mol. The molecular weight excluding hydrogens is 328 g/mol. The Balaban J connectivity index is 2.07. The number of nitrogens with zero attached hydrogens (tertiary/aromatic N) is 2.